The Balaban J connectivity index is 1.74. The zero-order chi connectivity index (χ0) is 14.3. The van der Waals surface area contributed by atoms with Gasteiger partial charge >= 0.3 is 0 Å². The van der Waals surface area contributed by atoms with Crippen LogP contribution in [0.3, 0.4) is 0 Å². The van der Waals surface area contributed by atoms with Crippen molar-refractivity contribution in [1.82, 2.24) is 0 Å². The molecule has 3 aromatic rings. The Morgan fingerprint density at radius 3 is 1.76 bits per heavy atom. The maximum Gasteiger partial charge on any atom is 0.295 e. The molecule has 0 saturated carbocycles. The maximum atomic E-state index is 6.04. The van der Waals surface area contributed by atoms with Crippen LogP contribution in [0.5, 0.6) is 11.5 Å². The Morgan fingerprint density at radius 2 is 1.29 bits per heavy atom. The molecule has 21 heavy (non-hydrogen) atoms. The van der Waals surface area contributed by atoms with Crippen molar-refractivity contribution >= 4 is 19.7 Å². The fraction of sp³-hybridized carbons (Fsp3) is 0.0588. The fourth-order valence-electron chi connectivity index (χ4n) is 1.81. The molecule has 0 atom stereocenters. The van der Waals surface area contributed by atoms with Gasteiger partial charge in [-0.3, -0.25) is 0 Å². The summed E-state index contributed by atoms with van der Waals surface area (Å²) in [6, 6.07) is 23.8. The van der Waals surface area contributed by atoms with Crippen molar-refractivity contribution in [2.75, 3.05) is 0 Å². The number of benzene rings is 2. The van der Waals surface area contributed by atoms with Crippen LogP contribution in [0, 0.1) is 0 Å². The normalized spacial score (nSPS) is 10.5. The van der Waals surface area contributed by atoms with Crippen molar-refractivity contribution in [1.29, 1.82) is 0 Å². The summed E-state index contributed by atoms with van der Waals surface area (Å²) in [6.07, 6.45) is 0.788. The standard InChI is InChI=1S/C17H15O2PS/c1-3-8-15(9-4-1)18-20(14-17-12-7-13-21-17)19-16-10-5-2-6-11-16/h1-13H,14H2. The third-order valence-electron chi connectivity index (χ3n) is 2.77. The molecule has 3 rings (SSSR count). The van der Waals surface area contributed by atoms with E-state index in [0.29, 0.717) is 0 Å². The van der Waals surface area contributed by atoms with Gasteiger partial charge < -0.3 is 9.05 Å². The highest BCUT2D eigenvalue weighted by atomic mass is 32.1. The number of para-hydroxylation sites is 2. The zero-order valence-electron chi connectivity index (χ0n) is 11.4. The average molecular weight is 314 g/mol. The minimum atomic E-state index is -1.05. The molecule has 4 heteroatoms. The molecule has 0 radical (unpaired) electrons. The van der Waals surface area contributed by atoms with E-state index in [-0.39, 0.29) is 0 Å². The topological polar surface area (TPSA) is 18.5 Å². The van der Waals surface area contributed by atoms with E-state index in [2.05, 4.69) is 17.5 Å². The lowest BCUT2D eigenvalue weighted by Crippen LogP contribution is -1.98. The summed E-state index contributed by atoms with van der Waals surface area (Å²) in [6.45, 7) is 0. The molecule has 0 spiro atoms. The van der Waals surface area contributed by atoms with Gasteiger partial charge in [0.1, 0.15) is 11.5 Å². The van der Waals surface area contributed by atoms with Crippen molar-refractivity contribution in [3.63, 3.8) is 0 Å². The molecule has 0 saturated heterocycles. The number of rotatable bonds is 6. The van der Waals surface area contributed by atoms with Gasteiger partial charge in [0.15, 0.2) is 0 Å². The largest absolute Gasteiger partial charge is 0.438 e. The van der Waals surface area contributed by atoms with Gasteiger partial charge in [-0.25, -0.2) is 0 Å². The molecular formula is C17H15O2PS. The van der Waals surface area contributed by atoms with Gasteiger partial charge in [-0.15, -0.1) is 11.3 Å². The third-order valence-corrected chi connectivity index (χ3v) is 5.28. The Hall–Kier alpha value is -1.83. The molecule has 0 fully saturated rings. The molecule has 1 aromatic heterocycles. The molecule has 106 valence electrons. The van der Waals surface area contributed by atoms with Crippen molar-refractivity contribution in [3.8, 4) is 11.5 Å². The first-order valence-electron chi connectivity index (χ1n) is 6.66. The summed E-state index contributed by atoms with van der Waals surface area (Å²) in [7, 11) is -1.05. The van der Waals surface area contributed by atoms with Crippen LogP contribution in [-0.2, 0) is 6.16 Å². The molecule has 0 unspecified atom stereocenters. The van der Waals surface area contributed by atoms with Crippen molar-refractivity contribution in [3.05, 3.63) is 83.1 Å². The van der Waals surface area contributed by atoms with Crippen LogP contribution < -0.4 is 9.05 Å². The van der Waals surface area contributed by atoms with Crippen LogP contribution >= 0.6 is 19.7 Å². The summed E-state index contributed by atoms with van der Waals surface area (Å²) >= 11 is 1.73. The van der Waals surface area contributed by atoms with E-state index in [1.807, 2.05) is 60.7 Å². The second kappa shape index (κ2) is 7.26. The first kappa shape index (κ1) is 14.1. The molecule has 2 aromatic carbocycles. The molecule has 1 heterocycles. The van der Waals surface area contributed by atoms with Crippen LogP contribution in [0.25, 0.3) is 0 Å². The molecule has 0 aliphatic carbocycles. The van der Waals surface area contributed by atoms with Gasteiger partial charge in [0, 0.05) is 4.88 Å². The zero-order valence-corrected chi connectivity index (χ0v) is 13.1. The summed E-state index contributed by atoms with van der Waals surface area (Å²) in [5, 5.41) is 2.08. The van der Waals surface area contributed by atoms with E-state index < -0.39 is 8.38 Å². The van der Waals surface area contributed by atoms with E-state index >= 15 is 0 Å². The minimum Gasteiger partial charge on any atom is -0.438 e. The lowest BCUT2D eigenvalue weighted by atomic mass is 10.3. The number of thiophene rings is 1. The van der Waals surface area contributed by atoms with E-state index in [9.17, 15) is 0 Å². The summed E-state index contributed by atoms with van der Waals surface area (Å²) in [4.78, 5) is 1.27. The second-order valence-corrected chi connectivity index (χ2v) is 6.76. The Morgan fingerprint density at radius 1 is 0.714 bits per heavy atom. The van der Waals surface area contributed by atoms with Crippen LogP contribution in [0.15, 0.2) is 78.2 Å². The molecular weight excluding hydrogens is 299 g/mol. The highest BCUT2D eigenvalue weighted by Crippen LogP contribution is 2.44. The Labute approximate surface area is 129 Å². The molecule has 0 aliphatic heterocycles. The molecule has 0 bridgehead atoms. The van der Waals surface area contributed by atoms with E-state index in [4.69, 9.17) is 9.05 Å². The van der Waals surface area contributed by atoms with Gasteiger partial charge in [0.05, 0.1) is 6.16 Å². The smallest absolute Gasteiger partial charge is 0.295 e. The lowest BCUT2D eigenvalue weighted by molar-refractivity contribution is 0.488. The first-order chi connectivity index (χ1) is 10.4. The molecule has 0 amide bonds. The van der Waals surface area contributed by atoms with Gasteiger partial charge in [0.25, 0.3) is 8.38 Å². The van der Waals surface area contributed by atoms with Crippen LogP contribution in [0.1, 0.15) is 4.88 Å². The fourth-order valence-corrected chi connectivity index (χ4v) is 4.15. The highest BCUT2D eigenvalue weighted by molar-refractivity contribution is 7.47. The summed E-state index contributed by atoms with van der Waals surface area (Å²) in [5.41, 5.74) is 0. The van der Waals surface area contributed by atoms with Crippen LogP contribution in [0.2, 0.25) is 0 Å². The van der Waals surface area contributed by atoms with Crippen LogP contribution in [0.4, 0.5) is 0 Å². The van der Waals surface area contributed by atoms with E-state index in [1.165, 1.54) is 4.88 Å². The molecule has 0 aliphatic rings. The van der Waals surface area contributed by atoms with Gasteiger partial charge in [0.2, 0.25) is 0 Å². The van der Waals surface area contributed by atoms with E-state index in [0.717, 1.165) is 17.7 Å². The second-order valence-electron chi connectivity index (χ2n) is 4.38. The van der Waals surface area contributed by atoms with Gasteiger partial charge in [-0.2, -0.15) is 0 Å². The summed E-state index contributed by atoms with van der Waals surface area (Å²) in [5.74, 6) is 1.69. The Kier molecular flexibility index (Phi) is 4.88. The molecule has 2 nitrogen and oxygen atoms in total. The molecule has 0 N–H and O–H groups in total. The predicted molar refractivity (Wildman–Crippen MR) is 89.1 cm³/mol. The predicted octanol–water partition coefficient (Wildman–Crippen LogP) is 5.72. The minimum absolute atomic E-state index is 0.788. The number of hydrogen-bond donors (Lipinski definition) is 0. The number of hydrogen-bond acceptors (Lipinski definition) is 3. The average Bonchev–Trinajstić information content (AvgIpc) is 3.02. The van der Waals surface area contributed by atoms with Crippen molar-refractivity contribution < 1.29 is 9.05 Å². The SMILES string of the molecule is c1ccc(OP(Cc2cccs2)Oc2ccccc2)cc1. The monoisotopic (exact) mass is 314 g/mol. The Bertz CT molecular complexity index is 600. The highest BCUT2D eigenvalue weighted by Gasteiger charge is 2.16. The van der Waals surface area contributed by atoms with Gasteiger partial charge in [-0.1, -0.05) is 42.5 Å². The lowest BCUT2D eigenvalue weighted by Gasteiger charge is -2.18. The van der Waals surface area contributed by atoms with Gasteiger partial charge in [-0.05, 0) is 35.7 Å². The quantitative estimate of drug-likeness (QED) is 0.542. The van der Waals surface area contributed by atoms with Crippen LogP contribution in [-0.4, -0.2) is 0 Å². The summed E-state index contributed by atoms with van der Waals surface area (Å²) < 4.78 is 12.1. The first-order valence-corrected chi connectivity index (χ1v) is 8.90. The van der Waals surface area contributed by atoms with Crippen molar-refractivity contribution in [2.24, 2.45) is 0 Å². The third kappa shape index (κ3) is 4.32. The van der Waals surface area contributed by atoms with E-state index in [1.54, 1.807) is 11.3 Å². The maximum absolute atomic E-state index is 6.04. The van der Waals surface area contributed by atoms with Crippen molar-refractivity contribution in [2.45, 2.75) is 6.16 Å².